The molecule has 0 radical (unpaired) electrons. The summed E-state index contributed by atoms with van der Waals surface area (Å²) in [6.07, 6.45) is 0. The van der Waals surface area contributed by atoms with Crippen LogP contribution < -0.4 is 19.1 Å². The molecule has 0 aliphatic carbocycles. The van der Waals surface area contributed by atoms with Gasteiger partial charge in [-0.1, -0.05) is 42.0 Å². The number of para-hydroxylation sites is 1. The molecule has 0 aliphatic rings. The Bertz CT molecular complexity index is 1330. The molecule has 0 heterocycles. The number of hydrogen-bond donors (Lipinski definition) is 1. The summed E-state index contributed by atoms with van der Waals surface area (Å²) in [7, 11) is -1.78. The number of anilines is 1. The van der Waals surface area contributed by atoms with Crippen LogP contribution in [0.2, 0.25) is 0 Å². The fourth-order valence-corrected chi connectivity index (χ4v) is 4.92. The second-order valence-corrected chi connectivity index (χ2v) is 9.37. The minimum Gasteiger partial charge on any atom is -0.497 e. The number of aryl methyl sites for hydroxylation is 1. The van der Waals surface area contributed by atoms with Gasteiger partial charge in [-0.2, -0.15) is 0 Å². The van der Waals surface area contributed by atoms with Gasteiger partial charge in [-0.25, -0.2) is 8.42 Å². The van der Waals surface area contributed by atoms with E-state index in [2.05, 4.69) is 5.32 Å². The highest BCUT2D eigenvalue weighted by atomic mass is 32.2. The van der Waals surface area contributed by atoms with Gasteiger partial charge in [0.1, 0.15) is 18.0 Å². The van der Waals surface area contributed by atoms with Crippen LogP contribution in [0.3, 0.4) is 0 Å². The molecule has 3 aromatic carbocycles. The molecule has 0 unspecified atom stereocenters. The Kier molecular flexibility index (Phi) is 7.92. The summed E-state index contributed by atoms with van der Waals surface area (Å²) in [6, 6.07) is 16.8. The number of nitrogens with one attached hydrogen (secondary N) is 1. The van der Waals surface area contributed by atoms with Gasteiger partial charge >= 0.3 is 0 Å². The largest absolute Gasteiger partial charge is 0.497 e. The molecule has 35 heavy (non-hydrogen) atoms. The van der Waals surface area contributed by atoms with Crippen LogP contribution in [-0.2, 0) is 21.4 Å². The van der Waals surface area contributed by atoms with Crippen LogP contribution in [0.4, 0.5) is 11.4 Å². The van der Waals surface area contributed by atoms with Crippen molar-refractivity contribution in [3.8, 4) is 11.5 Å². The molecule has 3 rings (SSSR count). The third kappa shape index (κ3) is 5.87. The number of carbonyl (C=O) groups is 1. The van der Waals surface area contributed by atoms with Gasteiger partial charge in [-0.15, -0.1) is 0 Å². The van der Waals surface area contributed by atoms with E-state index in [4.69, 9.17) is 9.47 Å². The summed E-state index contributed by atoms with van der Waals surface area (Å²) in [5, 5.41) is 14.2. The first-order chi connectivity index (χ1) is 16.7. The van der Waals surface area contributed by atoms with Crippen LogP contribution in [0.25, 0.3) is 0 Å². The Morgan fingerprint density at radius 2 is 1.71 bits per heavy atom. The van der Waals surface area contributed by atoms with E-state index < -0.39 is 38.0 Å². The van der Waals surface area contributed by atoms with Gasteiger partial charge in [-0.3, -0.25) is 19.2 Å². The second kappa shape index (κ2) is 10.9. The fourth-order valence-electron chi connectivity index (χ4n) is 3.33. The van der Waals surface area contributed by atoms with Crippen molar-refractivity contribution in [1.82, 2.24) is 5.32 Å². The zero-order valence-electron chi connectivity index (χ0n) is 19.4. The summed E-state index contributed by atoms with van der Waals surface area (Å²) in [4.78, 5) is 23.1. The maximum atomic E-state index is 13.7. The van der Waals surface area contributed by atoms with Crippen molar-refractivity contribution in [2.24, 2.45) is 0 Å². The molecule has 0 saturated heterocycles. The zero-order valence-corrected chi connectivity index (χ0v) is 20.2. The molecule has 0 fully saturated rings. The summed E-state index contributed by atoms with van der Waals surface area (Å²) >= 11 is 0. The molecule has 10 nitrogen and oxygen atoms in total. The predicted molar refractivity (Wildman–Crippen MR) is 130 cm³/mol. The average Bonchev–Trinajstić information content (AvgIpc) is 2.86. The third-order valence-electron chi connectivity index (χ3n) is 5.18. The molecule has 184 valence electrons. The monoisotopic (exact) mass is 499 g/mol. The Hall–Kier alpha value is -4.12. The number of sulfonamides is 1. The number of nitrogens with zero attached hydrogens (tertiary/aromatic N) is 2. The molecule has 11 heteroatoms. The SMILES string of the molecule is COc1ccc(N(CC(=O)NCc2ccc(C)cc2)S(=O)(=O)c2ccccc2[N+](=O)[O-])c(OC)c1. The number of nitro groups is 1. The number of ether oxygens (including phenoxy) is 2. The Balaban J connectivity index is 2.02. The zero-order chi connectivity index (χ0) is 25.6. The maximum absolute atomic E-state index is 13.7. The van der Waals surface area contributed by atoms with Gasteiger partial charge < -0.3 is 14.8 Å². The molecule has 0 bridgehead atoms. The molecular weight excluding hydrogens is 474 g/mol. The summed E-state index contributed by atoms with van der Waals surface area (Å²) in [6.45, 7) is 1.48. The van der Waals surface area contributed by atoms with Crippen LogP contribution in [-0.4, -0.2) is 40.0 Å². The van der Waals surface area contributed by atoms with Crippen molar-refractivity contribution in [3.63, 3.8) is 0 Å². The Morgan fingerprint density at radius 1 is 1.03 bits per heavy atom. The van der Waals surface area contributed by atoms with Gasteiger partial charge in [0.2, 0.25) is 5.91 Å². The third-order valence-corrected chi connectivity index (χ3v) is 6.99. The van der Waals surface area contributed by atoms with E-state index in [-0.39, 0.29) is 18.0 Å². The standard InChI is InChI=1S/C24H25N3O7S/c1-17-8-10-18(11-9-17)15-25-24(28)16-26(20-13-12-19(33-2)14-22(20)34-3)35(31,32)23-7-5-4-6-21(23)27(29)30/h4-14H,15-16H2,1-3H3,(H,25,28). The van der Waals surface area contributed by atoms with Crippen LogP contribution in [0.1, 0.15) is 11.1 Å². The first-order valence-electron chi connectivity index (χ1n) is 10.5. The molecule has 1 amide bonds. The summed E-state index contributed by atoms with van der Waals surface area (Å²) in [5.41, 5.74) is 1.31. The molecule has 0 aliphatic heterocycles. The van der Waals surface area contributed by atoms with Crippen LogP contribution >= 0.6 is 0 Å². The second-order valence-electron chi connectivity index (χ2n) is 7.54. The maximum Gasteiger partial charge on any atom is 0.289 e. The first kappa shape index (κ1) is 25.5. The number of nitro benzene ring substituents is 1. The van der Waals surface area contributed by atoms with Crippen molar-refractivity contribution in [3.05, 3.63) is 88.0 Å². The lowest BCUT2D eigenvalue weighted by Gasteiger charge is -2.25. The number of amides is 1. The lowest BCUT2D eigenvalue weighted by Crippen LogP contribution is -2.41. The van der Waals surface area contributed by atoms with E-state index >= 15 is 0 Å². The smallest absolute Gasteiger partial charge is 0.289 e. The van der Waals surface area contributed by atoms with Crippen molar-refractivity contribution < 1.29 is 27.6 Å². The molecule has 0 spiro atoms. The van der Waals surface area contributed by atoms with Crippen molar-refractivity contribution in [2.75, 3.05) is 25.1 Å². The van der Waals surface area contributed by atoms with Gasteiger partial charge in [0.05, 0.1) is 24.8 Å². The molecular formula is C24H25N3O7S. The van der Waals surface area contributed by atoms with Crippen LogP contribution in [0, 0.1) is 17.0 Å². The minimum atomic E-state index is -4.56. The number of benzene rings is 3. The van der Waals surface area contributed by atoms with Crippen LogP contribution in [0.15, 0.2) is 71.6 Å². The van der Waals surface area contributed by atoms with Gasteiger partial charge in [-0.05, 0) is 30.7 Å². The average molecular weight is 500 g/mol. The first-order valence-corrected chi connectivity index (χ1v) is 11.9. The predicted octanol–water partition coefficient (Wildman–Crippen LogP) is 3.43. The quantitative estimate of drug-likeness (QED) is 0.334. The van der Waals surface area contributed by atoms with Gasteiger partial charge in [0.25, 0.3) is 15.7 Å². The van der Waals surface area contributed by atoms with Gasteiger partial charge in [0, 0.05) is 18.7 Å². The molecule has 1 N–H and O–H groups in total. The molecule has 3 aromatic rings. The van der Waals surface area contributed by atoms with Crippen LogP contribution in [0.5, 0.6) is 11.5 Å². The van der Waals surface area contributed by atoms with E-state index in [9.17, 15) is 23.3 Å². The van der Waals surface area contributed by atoms with E-state index in [1.165, 1.54) is 44.6 Å². The Labute approximate surface area is 203 Å². The van der Waals surface area contributed by atoms with Crippen molar-refractivity contribution in [1.29, 1.82) is 0 Å². The summed E-state index contributed by atoms with van der Waals surface area (Å²) < 4.78 is 38.7. The van der Waals surface area contributed by atoms with Crippen molar-refractivity contribution >= 4 is 27.3 Å². The number of carbonyl (C=O) groups excluding carboxylic acids is 1. The van der Waals surface area contributed by atoms with Gasteiger partial charge in [0.15, 0.2) is 4.90 Å². The highest BCUT2D eigenvalue weighted by Gasteiger charge is 2.34. The number of rotatable bonds is 10. The topological polar surface area (TPSA) is 128 Å². The van der Waals surface area contributed by atoms with E-state index in [0.29, 0.717) is 5.75 Å². The number of methoxy groups -OCH3 is 2. The highest BCUT2D eigenvalue weighted by Crippen LogP contribution is 2.37. The fraction of sp³-hybridized carbons (Fsp3) is 0.208. The summed E-state index contributed by atoms with van der Waals surface area (Å²) in [5.74, 6) is -0.0964. The minimum absolute atomic E-state index is 0.0249. The highest BCUT2D eigenvalue weighted by molar-refractivity contribution is 7.93. The molecule has 0 aromatic heterocycles. The normalized spacial score (nSPS) is 10.9. The molecule has 0 atom stereocenters. The van der Waals surface area contributed by atoms with E-state index in [1.54, 1.807) is 0 Å². The van der Waals surface area contributed by atoms with E-state index in [0.717, 1.165) is 27.6 Å². The Morgan fingerprint density at radius 3 is 2.34 bits per heavy atom. The molecule has 0 saturated carbocycles. The van der Waals surface area contributed by atoms with Crippen molar-refractivity contribution in [2.45, 2.75) is 18.4 Å². The number of hydrogen-bond acceptors (Lipinski definition) is 7. The lowest BCUT2D eigenvalue weighted by atomic mass is 10.1. The van der Waals surface area contributed by atoms with E-state index in [1.807, 2.05) is 31.2 Å². The lowest BCUT2D eigenvalue weighted by molar-refractivity contribution is -0.387.